The van der Waals surface area contributed by atoms with E-state index in [2.05, 4.69) is 15.3 Å². The lowest BCUT2D eigenvalue weighted by atomic mass is 10.0. The summed E-state index contributed by atoms with van der Waals surface area (Å²) in [5.74, 6) is -2.42. The third-order valence-corrected chi connectivity index (χ3v) is 6.92. The average Bonchev–Trinajstić information content (AvgIpc) is 2.93. The fourth-order valence-electron chi connectivity index (χ4n) is 4.82. The summed E-state index contributed by atoms with van der Waals surface area (Å²) in [5.41, 5.74) is 5.95. The Labute approximate surface area is 219 Å². The summed E-state index contributed by atoms with van der Waals surface area (Å²) in [6.07, 6.45) is 2.16. The number of pyridine rings is 1. The van der Waals surface area contributed by atoms with Crippen LogP contribution in [0.25, 0.3) is 11.3 Å². The number of alkyl halides is 2. The minimum Gasteiger partial charge on any atom is -0.384 e. The highest BCUT2D eigenvalue weighted by Gasteiger charge is 2.32. The van der Waals surface area contributed by atoms with Gasteiger partial charge in [0.1, 0.15) is 11.6 Å². The van der Waals surface area contributed by atoms with Gasteiger partial charge in [-0.3, -0.25) is 4.79 Å². The van der Waals surface area contributed by atoms with Gasteiger partial charge in [-0.2, -0.15) is 4.98 Å². The first-order valence-corrected chi connectivity index (χ1v) is 12.9. The van der Waals surface area contributed by atoms with E-state index >= 15 is 0 Å². The highest BCUT2D eigenvalue weighted by Crippen LogP contribution is 2.37. The number of nitrogen functional groups attached to an aromatic ring is 1. The minimum atomic E-state index is -3.16. The van der Waals surface area contributed by atoms with Crippen molar-refractivity contribution in [2.24, 2.45) is 0 Å². The molecule has 0 aromatic carbocycles. The minimum absolute atomic E-state index is 0.000445. The van der Waals surface area contributed by atoms with Gasteiger partial charge in [0.25, 0.3) is 11.8 Å². The van der Waals surface area contributed by atoms with E-state index in [1.165, 1.54) is 12.3 Å². The summed E-state index contributed by atoms with van der Waals surface area (Å²) >= 11 is 0. The third kappa shape index (κ3) is 6.11. The zero-order valence-corrected chi connectivity index (χ0v) is 21.4. The molecule has 0 radical (unpaired) electrons. The van der Waals surface area contributed by atoms with E-state index in [1.54, 1.807) is 6.07 Å². The second-order valence-corrected chi connectivity index (χ2v) is 9.75. The molecule has 3 aliphatic rings. The van der Waals surface area contributed by atoms with E-state index in [0.717, 1.165) is 19.8 Å². The molecular formula is C25H33F2N7O4. The largest absolute Gasteiger partial charge is 0.384 e. The molecule has 0 bridgehead atoms. The maximum atomic E-state index is 14.6. The van der Waals surface area contributed by atoms with Crippen LogP contribution in [0.1, 0.15) is 25.3 Å². The van der Waals surface area contributed by atoms with Gasteiger partial charge in [0, 0.05) is 69.2 Å². The molecule has 1 unspecified atom stereocenters. The van der Waals surface area contributed by atoms with Crippen LogP contribution in [0.15, 0.2) is 18.3 Å². The Bertz CT molecular complexity index is 1140. The lowest BCUT2D eigenvalue weighted by molar-refractivity contribution is -0.134. The lowest BCUT2D eigenvalue weighted by Crippen LogP contribution is -2.52. The number of carbonyl (C=O) groups is 1. The van der Waals surface area contributed by atoms with Gasteiger partial charge in [-0.25, -0.2) is 18.7 Å². The molecule has 206 valence electrons. The lowest BCUT2D eigenvalue weighted by Gasteiger charge is -2.35. The van der Waals surface area contributed by atoms with E-state index in [0.29, 0.717) is 70.1 Å². The van der Waals surface area contributed by atoms with Gasteiger partial charge >= 0.3 is 0 Å². The van der Waals surface area contributed by atoms with Gasteiger partial charge in [-0.15, -0.1) is 0 Å². The van der Waals surface area contributed by atoms with Crippen LogP contribution in [0.5, 0.6) is 0 Å². The molecule has 0 spiro atoms. The predicted octanol–water partition coefficient (Wildman–Crippen LogP) is 1.57. The van der Waals surface area contributed by atoms with E-state index < -0.39 is 12.0 Å². The zero-order chi connectivity index (χ0) is 26.7. The van der Waals surface area contributed by atoms with Crippen LogP contribution in [0.3, 0.4) is 0 Å². The number of nitrogens with zero attached hydrogens (tertiary/aromatic N) is 5. The van der Waals surface area contributed by atoms with Crippen molar-refractivity contribution < 1.29 is 27.8 Å². The van der Waals surface area contributed by atoms with Crippen molar-refractivity contribution in [3.63, 3.8) is 0 Å². The molecule has 11 nitrogen and oxygen atoms in total. The molecule has 0 aliphatic carbocycles. The van der Waals surface area contributed by atoms with E-state index in [9.17, 15) is 13.6 Å². The average molecular weight is 534 g/mol. The summed E-state index contributed by atoms with van der Waals surface area (Å²) in [6.45, 7) is 5.29. The summed E-state index contributed by atoms with van der Waals surface area (Å²) in [7, 11) is 0. The number of nitrogens with two attached hydrogens (primary N) is 1. The number of nitrogens with one attached hydrogen (secondary N) is 1. The molecule has 3 saturated heterocycles. The van der Waals surface area contributed by atoms with Crippen LogP contribution in [0.2, 0.25) is 0 Å². The molecule has 2 aromatic rings. The number of carbonyl (C=O) groups excluding carboxylic acids is 1. The molecule has 3 aliphatic heterocycles. The SMILES string of the molecule is CC(F)(F)c1cc(N)ncc1-c1cc(N2CCOC(C(=O)NC3CCOCC3)C2)nc(N2CCOCC2)n1. The Morgan fingerprint density at radius 2 is 1.76 bits per heavy atom. The molecular weight excluding hydrogens is 500 g/mol. The van der Waals surface area contributed by atoms with Gasteiger partial charge in [0.2, 0.25) is 5.95 Å². The summed E-state index contributed by atoms with van der Waals surface area (Å²) in [6, 6.07) is 2.89. The molecule has 2 aromatic heterocycles. The maximum Gasteiger partial charge on any atom is 0.271 e. The second-order valence-electron chi connectivity index (χ2n) is 9.75. The predicted molar refractivity (Wildman–Crippen MR) is 136 cm³/mol. The molecule has 1 atom stereocenters. The smallest absolute Gasteiger partial charge is 0.271 e. The molecule has 1 amide bonds. The van der Waals surface area contributed by atoms with Gasteiger partial charge in [-0.1, -0.05) is 0 Å². The molecule has 13 heteroatoms. The number of hydrogen-bond donors (Lipinski definition) is 2. The van der Waals surface area contributed by atoms with E-state index in [-0.39, 0.29) is 35.4 Å². The molecule has 3 N–H and O–H groups in total. The summed E-state index contributed by atoms with van der Waals surface area (Å²) < 4.78 is 45.8. The first-order valence-electron chi connectivity index (χ1n) is 12.9. The molecule has 5 rings (SSSR count). The highest BCUT2D eigenvalue weighted by molar-refractivity contribution is 5.82. The van der Waals surface area contributed by atoms with Crippen molar-refractivity contribution in [3.8, 4) is 11.3 Å². The number of rotatable bonds is 6. The van der Waals surface area contributed by atoms with Crippen LogP contribution in [0.4, 0.5) is 26.4 Å². The van der Waals surface area contributed by atoms with Crippen molar-refractivity contribution in [3.05, 3.63) is 23.9 Å². The fourth-order valence-corrected chi connectivity index (χ4v) is 4.82. The second kappa shape index (κ2) is 11.3. The Hall–Kier alpha value is -3.16. The van der Waals surface area contributed by atoms with Crippen LogP contribution >= 0.6 is 0 Å². The van der Waals surface area contributed by atoms with Crippen molar-refractivity contribution >= 4 is 23.5 Å². The number of hydrogen-bond acceptors (Lipinski definition) is 10. The van der Waals surface area contributed by atoms with Gasteiger partial charge in [0.15, 0.2) is 6.10 Å². The van der Waals surface area contributed by atoms with Gasteiger partial charge in [-0.05, 0) is 18.9 Å². The molecule has 38 heavy (non-hydrogen) atoms. The standard InChI is InChI=1S/C25H33F2N7O4/c1-25(26,27)18-12-21(28)29-14-17(18)19-13-22(32-24(31-19)33-4-9-37-10-5-33)34-6-11-38-20(15-34)23(35)30-16-2-7-36-8-3-16/h12-14,16,20H,2-11,15H2,1H3,(H2,28,29)(H,30,35). The number of anilines is 3. The quantitative estimate of drug-likeness (QED) is 0.565. The first kappa shape index (κ1) is 26.4. The Morgan fingerprint density at radius 1 is 1.05 bits per heavy atom. The van der Waals surface area contributed by atoms with Crippen molar-refractivity contribution in [1.82, 2.24) is 20.3 Å². The van der Waals surface area contributed by atoms with E-state index in [1.807, 2.05) is 9.80 Å². The van der Waals surface area contributed by atoms with Crippen LogP contribution in [0, 0.1) is 0 Å². The Kier molecular flexibility index (Phi) is 7.86. The number of amides is 1. The molecule has 3 fully saturated rings. The van der Waals surface area contributed by atoms with Crippen molar-refractivity contribution in [2.75, 3.05) is 74.7 Å². The van der Waals surface area contributed by atoms with Crippen LogP contribution in [-0.2, 0) is 24.9 Å². The fraction of sp³-hybridized carbons (Fsp3) is 0.600. The van der Waals surface area contributed by atoms with Crippen molar-refractivity contribution in [2.45, 2.75) is 37.8 Å². The number of ether oxygens (including phenoxy) is 3. The normalized spacial score (nSPS) is 21.4. The van der Waals surface area contributed by atoms with Gasteiger partial charge in [0.05, 0.1) is 32.1 Å². The zero-order valence-electron chi connectivity index (χ0n) is 21.4. The molecule has 0 saturated carbocycles. The van der Waals surface area contributed by atoms with E-state index in [4.69, 9.17) is 24.9 Å². The van der Waals surface area contributed by atoms with Crippen LogP contribution in [-0.4, -0.2) is 92.2 Å². The van der Waals surface area contributed by atoms with Crippen molar-refractivity contribution in [1.29, 1.82) is 0 Å². The maximum absolute atomic E-state index is 14.6. The summed E-state index contributed by atoms with van der Waals surface area (Å²) in [4.78, 5) is 30.3. The molecule has 5 heterocycles. The van der Waals surface area contributed by atoms with Gasteiger partial charge < -0.3 is 35.1 Å². The number of halogens is 2. The summed E-state index contributed by atoms with van der Waals surface area (Å²) in [5, 5.41) is 3.06. The number of aromatic nitrogens is 3. The Morgan fingerprint density at radius 3 is 2.50 bits per heavy atom. The highest BCUT2D eigenvalue weighted by atomic mass is 19.3. The van der Waals surface area contributed by atoms with Crippen LogP contribution < -0.4 is 20.9 Å². The monoisotopic (exact) mass is 533 g/mol. The number of morpholine rings is 2. The Balaban J connectivity index is 1.46. The first-order chi connectivity index (χ1) is 18.3. The topological polar surface area (TPSA) is 128 Å². The third-order valence-electron chi connectivity index (χ3n) is 6.92.